The molecule has 1 aromatic heterocycles. The Labute approximate surface area is 319 Å². The van der Waals surface area contributed by atoms with E-state index >= 15 is 0 Å². The van der Waals surface area contributed by atoms with Gasteiger partial charge in [0.1, 0.15) is 0 Å². The van der Waals surface area contributed by atoms with Crippen LogP contribution in [0.4, 0.5) is 5.69 Å². The molecule has 9 aromatic carbocycles. The Bertz CT molecular complexity index is 3170. The van der Waals surface area contributed by atoms with Gasteiger partial charge in [-0.3, -0.25) is 0 Å². The van der Waals surface area contributed by atoms with E-state index in [2.05, 4.69) is 161 Å². The number of benzene rings is 9. The van der Waals surface area contributed by atoms with E-state index in [-0.39, 0.29) is 0 Å². The Hall–Kier alpha value is -7.72. The molecule has 0 saturated heterocycles. The van der Waals surface area contributed by atoms with E-state index in [1.54, 1.807) is 0 Å². The minimum absolute atomic E-state index is 0.562. The van der Waals surface area contributed by atoms with E-state index in [9.17, 15) is 5.26 Å². The highest BCUT2D eigenvalue weighted by atomic mass is 15.0. The molecular weight excluding hydrogens is 667 g/mol. The summed E-state index contributed by atoms with van der Waals surface area (Å²) in [7, 11) is 0. The highest BCUT2D eigenvalue weighted by molar-refractivity contribution is 6.21. The second-order valence-electron chi connectivity index (χ2n) is 13.9. The number of aromatic nitrogens is 1. The van der Waals surface area contributed by atoms with Gasteiger partial charge < -0.3 is 4.57 Å². The number of nitrogens with zero attached hydrogens (tertiary/aromatic N) is 3. The maximum absolute atomic E-state index is 9.68. The van der Waals surface area contributed by atoms with Gasteiger partial charge in [0, 0.05) is 16.5 Å². The topological polar surface area (TPSA) is 33.1 Å². The van der Waals surface area contributed by atoms with Gasteiger partial charge in [-0.25, -0.2) is 4.85 Å². The van der Waals surface area contributed by atoms with Crippen molar-refractivity contribution in [2.75, 3.05) is 0 Å². The molecule has 0 radical (unpaired) electrons. The quantitative estimate of drug-likeness (QED) is 0.130. The first-order valence-electron chi connectivity index (χ1n) is 18.4. The van der Waals surface area contributed by atoms with Crippen LogP contribution in [0.2, 0.25) is 0 Å². The van der Waals surface area contributed by atoms with Crippen LogP contribution in [0.15, 0.2) is 188 Å². The van der Waals surface area contributed by atoms with Crippen LogP contribution in [0.3, 0.4) is 0 Å². The van der Waals surface area contributed by atoms with Crippen molar-refractivity contribution < 1.29 is 0 Å². The van der Waals surface area contributed by atoms with Gasteiger partial charge in [-0.2, -0.15) is 5.26 Å². The Morgan fingerprint density at radius 3 is 1.64 bits per heavy atom. The molecule has 0 amide bonds. The highest BCUT2D eigenvalue weighted by Gasteiger charge is 2.19. The molecule has 0 saturated carbocycles. The number of rotatable bonds is 5. The molecular formula is C52H31N3. The first-order valence-corrected chi connectivity index (χ1v) is 18.4. The molecule has 0 aliphatic carbocycles. The van der Waals surface area contributed by atoms with Gasteiger partial charge in [0.25, 0.3) is 0 Å². The maximum Gasteiger partial charge on any atom is 0.189 e. The van der Waals surface area contributed by atoms with Crippen molar-refractivity contribution in [3.05, 3.63) is 205 Å². The molecule has 55 heavy (non-hydrogen) atoms. The molecule has 254 valence electrons. The van der Waals surface area contributed by atoms with Crippen LogP contribution in [0.1, 0.15) is 5.56 Å². The van der Waals surface area contributed by atoms with Crippen molar-refractivity contribution in [3.8, 4) is 56.3 Å². The number of hydrogen-bond donors (Lipinski definition) is 0. The fraction of sp³-hybridized carbons (Fsp3) is 0. The molecule has 3 heteroatoms. The predicted octanol–water partition coefficient (Wildman–Crippen LogP) is 14.2. The molecule has 0 aliphatic rings. The van der Waals surface area contributed by atoms with Gasteiger partial charge in [0.05, 0.1) is 29.2 Å². The molecule has 0 atom stereocenters. The average Bonchev–Trinajstić information content (AvgIpc) is 3.59. The summed E-state index contributed by atoms with van der Waals surface area (Å²) in [4.78, 5) is 3.95. The number of nitriles is 1. The first-order chi connectivity index (χ1) is 27.2. The Kier molecular flexibility index (Phi) is 7.58. The second-order valence-corrected chi connectivity index (χ2v) is 13.9. The van der Waals surface area contributed by atoms with Crippen LogP contribution in [0, 0.1) is 17.9 Å². The van der Waals surface area contributed by atoms with E-state index in [4.69, 9.17) is 6.57 Å². The zero-order valence-corrected chi connectivity index (χ0v) is 29.7. The minimum atomic E-state index is 0.562. The van der Waals surface area contributed by atoms with Gasteiger partial charge in [0.15, 0.2) is 5.69 Å². The summed E-state index contributed by atoms with van der Waals surface area (Å²) >= 11 is 0. The third-order valence-corrected chi connectivity index (χ3v) is 10.8. The molecule has 0 aliphatic heterocycles. The summed E-state index contributed by atoms with van der Waals surface area (Å²) in [5.41, 5.74) is 13.1. The van der Waals surface area contributed by atoms with Crippen molar-refractivity contribution in [1.82, 2.24) is 4.57 Å². The summed E-state index contributed by atoms with van der Waals surface area (Å²) in [6.07, 6.45) is 0. The van der Waals surface area contributed by atoms with Crippen molar-refractivity contribution >= 4 is 49.0 Å². The van der Waals surface area contributed by atoms with Gasteiger partial charge in [0.2, 0.25) is 0 Å². The molecule has 0 unspecified atom stereocenters. The minimum Gasteiger partial charge on any atom is -0.310 e. The van der Waals surface area contributed by atoms with E-state index in [0.717, 1.165) is 55.3 Å². The van der Waals surface area contributed by atoms with Crippen LogP contribution >= 0.6 is 0 Å². The summed E-state index contributed by atoms with van der Waals surface area (Å²) in [5, 5.41) is 16.6. The van der Waals surface area contributed by atoms with E-state index < -0.39 is 0 Å². The highest BCUT2D eigenvalue weighted by Crippen LogP contribution is 2.45. The van der Waals surface area contributed by atoms with Gasteiger partial charge in [-0.1, -0.05) is 140 Å². The van der Waals surface area contributed by atoms with Crippen molar-refractivity contribution in [2.45, 2.75) is 0 Å². The smallest absolute Gasteiger partial charge is 0.189 e. The summed E-state index contributed by atoms with van der Waals surface area (Å²) in [6, 6.07) is 68.1. The Morgan fingerprint density at radius 2 is 0.964 bits per heavy atom. The third-order valence-electron chi connectivity index (χ3n) is 10.8. The lowest BCUT2D eigenvalue weighted by atomic mass is 9.85. The molecule has 1 heterocycles. The Morgan fingerprint density at radius 1 is 0.418 bits per heavy atom. The number of fused-ring (bicyclic) bond motifs is 5. The standard InChI is InChI=1S/C52H31N3/c1-54-39-30-38(31-40(32-39)55-49-25-12-11-20-43(49)48-28-34(33-53)26-27-50(48)55)42-19-6-5-18-41(42)36-16-13-17-37(29-36)52-46-23-9-7-21-44(46)51(35-14-3-2-4-15-35)45-22-8-10-24-47(45)52/h2-32H. The number of para-hydroxylation sites is 1. The maximum atomic E-state index is 9.68. The third kappa shape index (κ3) is 5.27. The van der Waals surface area contributed by atoms with E-state index in [1.807, 2.05) is 42.5 Å². The Balaban J connectivity index is 1.16. The van der Waals surface area contributed by atoms with Gasteiger partial charge >= 0.3 is 0 Å². The predicted molar refractivity (Wildman–Crippen MR) is 229 cm³/mol. The average molecular weight is 698 g/mol. The normalized spacial score (nSPS) is 11.2. The van der Waals surface area contributed by atoms with Crippen LogP contribution in [-0.2, 0) is 0 Å². The van der Waals surface area contributed by atoms with E-state index in [1.165, 1.54) is 38.2 Å². The van der Waals surface area contributed by atoms with Crippen molar-refractivity contribution in [2.24, 2.45) is 0 Å². The second kappa shape index (κ2) is 13.0. The SMILES string of the molecule is [C-]#[N+]c1cc(-c2ccccc2-c2cccc(-c3c4ccccc4c(-c4ccccc4)c4ccccc34)c2)cc(-n2c3ccccc3c3cc(C#N)ccc32)c1. The lowest BCUT2D eigenvalue weighted by Gasteiger charge is -2.18. The van der Waals surface area contributed by atoms with Crippen LogP contribution in [0.5, 0.6) is 0 Å². The van der Waals surface area contributed by atoms with Crippen LogP contribution in [0.25, 0.3) is 98.4 Å². The summed E-state index contributed by atoms with van der Waals surface area (Å²) in [6.45, 7) is 8.13. The van der Waals surface area contributed by atoms with E-state index in [0.29, 0.717) is 11.3 Å². The zero-order chi connectivity index (χ0) is 36.9. The zero-order valence-electron chi connectivity index (χ0n) is 29.7. The fourth-order valence-corrected chi connectivity index (χ4v) is 8.45. The molecule has 10 rings (SSSR count). The van der Waals surface area contributed by atoms with Gasteiger partial charge in [-0.05, 0) is 115 Å². The summed E-state index contributed by atoms with van der Waals surface area (Å²) in [5.74, 6) is 0. The summed E-state index contributed by atoms with van der Waals surface area (Å²) < 4.78 is 2.21. The largest absolute Gasteiger partial charge is 0.310 e. The molecule has 3 nitrogen and oxygen atoms in total. The first kappa shape index (κ1) is 32.0. The number of hydrogen-bond acceptors (Lipinski definition) is 1. The molecule has 0 N–H and O–H groups in total. The molecule has 0 bridgehead atoms. The van der Waals surface area contributed by atoms with Crippen LogP contribution in [-0.4, -0.2) is 4.57 Å². The molecule has 10 aromatic rings. The molecule has 0 fully saturated rings. The molecule has 0 spiro atoms. The van der Waals surface area contributed by atoms with Gasteiger partial charge in [-0.15, -0.1) is 0 Å². The lowest BCUT2D eigenvalue weighted by molar-refractivity contribution is 1.18. The van der Waals surface area contributed by atoms with Crippen LogP contribution < -0.4 is 0 Å². The van der Waals surface area contributed by atoms with Crippen molar-refractivity contribution in [1.29, 1.82) is 5.26 Å². The van der Waals surface area contributed by atoms with Crippen molar-refractivity contribution in [3.63, 3.8) is 0 Å². The lowest BCUT2D eigenvalue weighted by Crippen LogP contribution is -1.95. The monoisotopic (exact) mass is 697 g/mol. The fourth-order valence-electron chi connectivity index (χ4n) is 8.45.